The second-order valence-corrected chi connectivity index (χ2v) is 7.62. The molecule has 2 nitrogen and oxygen atoms in total. The Labute approximate surface area is 121 Å². The van der Waals surface area contributed by atoms with Gasteiger partial charge in [-0.05, 0) is 31.6 Å². The number of thiazole rings is 1. The molecule has 0 amide bonds. The molecule has 19 heavy (non-hydrogen) atoms. The Morgan fingerprint density at radius 1 is 1.16 bits per heavy atom. The summed E-state index contributed by atoms with van der Waals surface area (Å²) >= 11 is 1.99. The molecule has 2 fully saturated rings. The first kappa shape index (κ1) is 13.6. The zero-order chi connectivity index (χ0) is 13.2. The summed E-state index contributed by atoms with van der Waals surface area (Å²) in [6.07, 6.45) is 9.68. The smallest absolute Gasteiger partial charge is 0.0962 e. The molecule has 0 radical (unpaired) electrons. The van der Waals surface area contributed by atoms with E-state index >= 15 is 0 Å². The van der Waals surface area contributed by atoms with Crippen molar-refractivity contribution in [1.29, 1.82) is 0 Å². The minimum Gasteiger partial charge on any atom is -0.309 e. The van der Waals surface area contributed by atoms with Crippen molar-refractivity contribution in [2.75, 3.05) is 0 Å². The van der Waals surface area contributed by atoms with Gasteiger partial charge < -0.3 is 5.32 Å². The molecule has 0 atom stereocenters. The molecule has 106 valence electrons. The molecule has 2 aliphatic rings. The van der Waals surface area contributed by atoms with Crippen LogP contribution in [0.4, 0.5) is 0 Å². The third-order valence-corrected chi connectivity index (χ3v) is 5.61. The van der Waals surface area contributed by atoms with Crippen molar-refractivity contribution in [3.63, 3.8) is 0 Å². The first-order chi connectivity index (χ1) is 9.24. The fourth-order valence-electron chi connectivity index (χ4n) is 3.01. The highest BCUT2D eigenvalue weighted by atomic mass is 32.1. The van der Waals surface area contributed by atoms with E-state index in [1.807, 2.05) is 11.3 Å². The quantitative estimate of drug-likeness (QED) is 0.853. The molecule has 3 heteroatoms. The van der Waals surface area contributed by atoms with Gasteiger partial charge in [-0.1, -0.05) is 33.1 Å². The summed E-state index contributed by atoms with van der Waals surface area (Å²) in [4.78, 5) is 6.51. The Kier molecular flexibility index (Phi) is 4.23. The number of hydrogen-bond acceptors (Lipinski definition) is 3. The van der Waals surface area contributed by atoms with Gasteiger partial charge in [0.1, 0.15) is 0 Å². The lowest BCUT2D eigenvalue weighted by molar-refractivity contribution is 0.441. The number of hydrogen-bond donors (Lipinski definition) is 1. The molecule has 1 heterocycles. The zero-order valence-corrected chi connectivity index (χ0v) is 13.1. The molecule has 0 saturated heterocycles. The minimum absolute atomic E-state index is 0.560. The van der Waals surface area contributed by atoms with Crippen LogP contribution in [0, 0.1) is 0 Å². The van der Waals surface area contributed by atoms with Gasteiger partial charge in [0.25, 0.3) is 0 Å². The van der Waals surface area contributed by atoms with Crippen molar-refractivity contribution in [3.05, 3.63) is 15.6 Å². The van der Waals surface area contributed by atoms with Crippen LogP contribution in [-0.4, -0.2) is 11.0 Å². The van der Waals surface area contributed by atoms with Crippen LogP contribution >= 0.6 is 11.3 Å². The van der Waals surface area contributed by atoms with Crippen LogP contribution in [0.2, 0.25) is 0 Å². The molecule has 0 unspecified atom stereocenters. The predicted molar refractivity (Wildman–Crippen MR) is 81.9 cm³/mol. The van der Waals surface area contributed by atoms with Crippen LogP contribution in [0.15, 0.2) is 0 Å². The number of aromatic nitrogens is 1. The van der Waals surface area contributed by atoms with E-state index in [-0.39, 0.29) is 0 Å². The van der Waals surface area contributed by atoms with Gasteiger partial charge in [-0.3, -0.25) is 0 Å². The Morgan fingerprint density at radius 3 is 2.53 bits per heavy atom. The normalized spacial score (nSPS) is 21.2. The second-order valence-electron chi connectivity index (χ2n) is 6.51. The summed E-state index contributed by atoms with van der Waals surface area (Å²) in [6.45, 7) is 5.60. The van der Waals surface area contributed by atoms with Crippen LogP contribution < -0.4 is 5.32 Å². The average Bonchev–Trinajstić information content (AvgIpc) is 3.15. The van der Waals surface area contributed by atoms with Crippen LogP contribution in [0.1, 0.15) is 86.2 Å². The maximum absolute atomic E-state index is 5.01. The molecule has 3 rings (SSSR count). The van der Waals surface area contributed by atoms with Crippen molar-refractivity contribution >= 4 is 11.3 Å². The summed E-state index contributed by atoms with van der Waals surface area (Å²) in [5.41, 5.74) is 1.36. The average molecular weight is 278 g/mol. The molecule has 0 aliphatic heterocycles. The zero-order valence-electron chi connectivity index (χ0n) is 12.2. The maximum atomic E-state index is 5.01. The molecular formula is C16H26N2S. The van der Waals surface area contributed by atoms with Gasteiger partial charge in [-0.25, -0.2) is 4.98 Å². The van der Waals surface area contributed by atoms with E-state index in [1.54, 1.807) is 0 Å². The number of nitrogens with zero attached hydrogens (tertiary/aromatic N) is 1. The Morgan fingerprint density at radius 2 is 1.89 bits per heavy atom. The van der Waals surface area contributed by atoms with E-state index in [4.69, 9.17) is 4.98 Å². The van der Waals surface area contributed by atoms with E-state index in [0.717, 1.165) is 18.5 Å². The van der Waals surface area contributed by atoms with Gasteiger partial charge in [0.15, 0.2) is 0 Å². The van der Waals surface area contributed by atoms with E-state index in [9.17, 15) is 0 Å². The molecule has 2 aliphatic carbocycles. The van der Waals surface area contributed by atoms with Gasteiger partial charge in [-0.2, -0.15) is 0 Å². The van der Waals surface area contributed by atoms with E-state index in [0.29, 0.717) is 5.92 Å². The Hall–Kier alpha value is -0.410. The predicted octanol–water partition coefficient (Wildman–Crippen LogP) is 4.57. The lowest BCUT2D eigenvalue weighted by Crippen LogP contribution is -2.15. The summed E-state index contributed by atoms with van der Waals surface area (Å²) in [7, 11) is 0. The lowest BCUT2D eigenvalue weighted by Gasteiger charge is -2.19. The maximum Gasteiger partial charge on any atom is 0.0962 e. The first-order valence-electron chi connectivity index (χ1n) is 7.97. The standard InChI is InChI=1S/C16H26N2S/c1-11(2)15-14(10-17-13-8-9-13)19-16(18-15)12-6-4-3-5-7-12/h11-13,17H,3-10H2,1-2H3. The van der Waals surface area contributed by atoms with Crippen LogP contribution in [0.5, 0.6) is 0 Å². The summed E-state index contributed by atoms with van der Waals surface area (Å²) in [6, 6.07) is 0.792. The molecule has 0 aromatic carbocycles. The van der Waals surface area contributed by atoms with Crippen molar-refractivity contribution < 1.29 is 0 Å². The van der Waals surface area contributed by atoms with Gasteiger partial charge in [-0.15, -0.1) is 11.3 Å². The summed E-state index contributed by atoms with van der Waals surface area (Å²) in [5.74, 6) is 1.32. The lowest BCUT2D eigenvalue weighted by atomic mass is 9.90. The molecule has 1 N–H and O–H groups in total. The first-order valence-corrected chi connectivity index (χ1v) is 8.78. The third kappa shape index (κ3) is 3.38. The Balaban J connectivity index is 1.74. The number of nitrogens with one attached hydrogen (secondary N) is 1. The molecule has 2 saturated carbocycles. The van der Waals surface area contributed by atoms with Gasteiger partial charge in [0, 0.05) is 23.4 Å². The molecule has 1 aromatic rings. The molecule has 0 bridgehead atoms. The van der Waals surface area contributed by atoms with E-state index < -0.39 is 0 Å². The van der Waals surface area contributed by atoms with Crippen LogP contribution in [0.3, 0.4) is 0 Å². The van der Waals surface area contributed by atoms with Crippen molar-refractivity contribution in [3.8, 4) is 0 Å². The highest BCUT2D eigenvalue weighted by Gasteiger charge is 2.24. The van der Waals surface area contributed by atoms with Crippen LogP contribution in [-0.2, 0) is 6.54 Å². The van der Waals surface area contributed by atoms with E-state index in [2.05, 4.69) is 19.2 Å². The van der Waals surface area contributed by atoms with Gasteiger partial charge >= 0.3 is 0 Å². The summed E-state index contributed by atoms with van der Waals surface area (Å²) in [5, 5.41) is 5.08. The Bertz CT molecular complexity index is 414. The van der Waals surface area contributed by atoms with Crippen molar-refractivity contribution in [1.82, 2.24) is 10.3 Å². The molecular weight excluding hydrogens is 252 g/mol. The van der Waals surface area contributed by atoms with Gasteiger partial charge in [0.2, 0.25) is 0 Å². The molecule has 1 aromatic heterocycles. The SMILES string of the molecule is CC(C)c1nc(C2CCCCC2)sc1CNC1CC1. The van der Waals surface area contributed by atoms with Crippen molar-refractivity contribution in [2.24, 2.45) is 0 Å². The second kappa shape index (κ2) is 5.92. The highest BCUT2D eigenvalue weighted by molar-refractivity contribution is 7.11. The largest absolute Gasteiger partial charge is 0.309 e. The highest BCUT2D eigenvalue weighted by Crippen LogP contribution is 2.37. The third-order valence-electron chi connectivity index (χ3n) is 4.37. The fraction of sp³-hybridized carbons (Fsp3) is 0.812. The fourth-order valence-corrected chi connectivity index (χ4v) is 4.35. The molecule has 0 spiro atoms. The van der Waals surface area contributed by atoms with Crippen molar-refractivity contribution in [2.45, 2.75) is 83.2 Å². The number of rotatable bonds is 5. The monoisotopic (exact) mass is 278 g/mol. The summed E-state index contributed by atoms with van der Waals surface area (Å²) < 4.78 is 0. The minimum atomic E-state index is 0.560. The van der Waals surface area contributed by atoms with Crippen LogP contribution in [0.25, 0.3) is 0 Å². The topological polar surface area (TPSA) is 24.9 Å². The van der Waals surface area contributed by atoms with Gasteiger partial charge in [0.05, 0.1) is 10.7 Å². The van der Waals surface area contributed by atoms with E-state index in [1.165, 1.54) is 60.5 Å².